The van der Waals surface area contributed by atoms with Crippen LogP contribution in [-0.2, 0) is 17.6 Å². The quantitative estimate of drug-likeness (QED) is 0.865. The molecule has 1 saturated heterocycles. The highest BCUT2D eigenvalue weighted by Gasteiger charge is 2.21. The Morgan fingerprint density at radius 1 is 1.32 bits per heavy atom. The fourth-order valence-electron chi connectivity index (χ4n) is 3.38. The van der Waals surface area contributed by atoms with Crippen molar-refractivity contribution in [2.75, 3.05) is 6.61 Å². The van der Waals surface area contributed by atoms with Gasteiger partial charge in [-0.25, -0.2) is 4.68 Å². The molecule has 1 aliphatic heterocycles. The third kappa shape index (κ3) is 2.28. The molecular weight excluding hydrogens is 274 g/mol. The molecule has 1 aliphatic carbocycles. The second-order valence-corrected chi connectivity index (χ2v) is 5.97. The molecule has 0 amide bonds. The Balaban J connectivity index is 1.77. The first-order chi connectivity index (χ1) is 10.9. The molecule has 2 aliphatic rings. The maximum atomic E-state index is 5.88. The lowest BCUT2D eigenvalue weighted by Gasteiger charge is -2.22. The third-order valence-electron chi connectivity index (χ3n) is 4.55. The highest BCUT2D eigenvalue weighted by molar-refractivity contribution is 5.79. The van der Waals surface area contributed by atoms with Crippen LogP contribution in [0.15, 0.2) is 24.5 Å². The molecule has 1 fully saturated rings. The van der Waals surface area contributed by atoms with Crippen LogP contribution in [0.3, 0.4) is 0 Å². The van der Waals surface area contributed by atoms with Gasteiger partial charge in [0.25, 0.3) is 0 Å². The molecule has 0 saturated carbocycles. The monoisotopic (exact) mass is 295 g/mol. The molecule has 4 rings (SSSR count). The minimum atomic E-state index is 0.0956. The summed E-state index contributed by atoms with van der Waals surface area (Å²) in [6.45, 7) is 3.00. The SMILES string of the molecule is CCc1nn(C2CCCCO2)cc1-c1ccnc2c1C=CC2. The predicted molar refractivity (Wildman–Crippen MR) is 86.4 cm³/mol. The topological polar surface area (TPSA) is 39.9 Å². The summed E-state index contributed by atoms with van der Waals surface area (Å²) < 4.78 is 7.91. The number of rotatable bonds is 3. The van der Waals surface area contributed by atoms with Crippen LogP contribution in [-0.4, -0.2) is 21.4 Å². The highest BCUT2D eigenvalue weighted by Crippen LogP contribution is 2.33. The minimum absolute atomic E-state index is 0.0956. The number of allylic oxidation sites excluding steroid dienone is 1. The number of aromatic nitrogens is 3. The van der Waals surface area contributed by atoms with Gasteiger partial charge in [-0.3, -0.25) is 4.98 Å². The van der Waals surface area contributed by atoms with E-state index in [1.165, 1.54) is 28.8 Å². The number of pyridine rings is 1. The standard InChI is InChI=1S/C18H21N3O/c1-2-16-15(12-21(20-16)18-8-3-4-11-22-18)13-9-10-19-17-7-5-6-14(13)17/h5-6,9-10,12,18H,2-4,7-8,11H2,1H3. The molecule has 1 atom stereocenters. The van der Waals surface area contributed by atoms with Gasteiger partial charge in [-0.05, 0) is 37.3 Å². The molecule has 4 nitrogen and oxygen atoms in total. The van der Waals surface area contributed by atoms with Crippen molar-refractivity contribution in [3.05, 3.63) is 41.5 Å². The molecule has 22 heavy (non-hydrogen) atoms. The van der Waals surface area contributed by atoms with E-state index < -0.39 is 0 Å². The fraction of sp³-hybridized carbons (Fsp3) is 0.444. The van der Waals surface area contributed by atoms with Gasteiger partial charge in [0.05, 0.1) is 11.4 Å². The van der Waals surface area contributed by atoms with Crippen LogP contribution in [0, 0.1) is 0 Å². The number of fused-ring (bicyclic) bond motifs is 1. The largest absolute Gasteiger partial charge is 0.357 e. The third-order valence-corrected chi connectivity index (χ3v) is 4.55. The normalized spacial score (nSPS) is 20.3. The molecule has 0 bridgehead atoms. The van der Waals surface area contributed by atoms with Crippen molar-refractivity contribution < 1.29 is 4.74 Å². The van der Waals surface area contributed by atoms with E-state index in [0.29, 0.717) is 0 Å². The average Bonchev–Trinajstić information content (AvgIpc) is 3.22. The maximum Gasteiger partial charge on any atom is 0.150 e. The van der Waals surface area contributed by atoms with Crippen LogP contribution >= 0.6 is 0 Å². The summed E-state index contributed by atoms with van der Waals surface area (Å²) in [5.41, 5.74) is 6.03. The summed E-state index contributed by atoms with van der Waals surface area (Å²) in [6, 6.07) is 2.11. The molecule has 3 heterocycles. The van der Waals surface area contributed by atoms with E-state index in [1.807, 2.05) is 10.9 Å². The number of hydrogen-bond acceptors (Lipinski definition) is 3. The second kappa shape index (κ2) is 5.69. The first-order valence-electron chi connectivity index (χ1n) is 8.21. The van der Waals surface area contributed by atoms with Crippen LogP contribution in [0.1, 0.15) is 49.4 Å². The van der Waals surface area contributed by atoms with Crippen LogP contribution in [0.5, 0.6) is 0 Å². The van der Waals surface area contributed by atoms with Crippen molar-refractivity contribution in [3.8, 4) is 11.1 Å². The Morgan fingerprint density at radius 3 is 3.09 bits per heavy atom. The average molecular weight is 295 g/mol. The molecule has 4 heteroatoms. The number of ether oxygens (including phenoxy) is 1. The Hall–Kier alpha value is -1.94. The number of aryl methyl sites for hydroxylation is 1. The van der Waals surface area contributed by atoms with Gasteiger partial charge in [0.15, 0.2) is 0 Å². The van der Waals surface area contributed by atoms with Gasteiger partial charge in [-0.15, -0.1) is 0 Å². The van der Waals surface area contributed by atoms with Gasteiger partial charge >= 0.3 is 0 Å². The van der Waals surface area contributed by atoms with Crippen LogP contribution in [0.25, 0.3) is 17.2 Å². The minimum Gasteiger partial charge on any atom is -0.357 e. The fourth-order valence-corrected chi connectivity index (χ4v) is 3.38. The Bertz CT molecular complexity index is 711. The Kier molecular flexibility index (Phi) is 3.54. The van der Waals surface area contributed by atoms with Gasteiger partial charge < -0.3 is 4.74 Å². The van der Waals surface area contributed by atoms with Crippen molar-refractivity contribution in [3.63, 3.8) is 0 Å². The first-order valence-corrected chi connectivity index (χ1v) is 8.21. The van der Waals surface area contributed by atoms with Gasteiger partial charge in [-0.2, -0.15) is 5.10 Å². The zero-order valence-corrected chi connectivity index (χ0v) is 13.0. The molecule has 0 radical (unpaired) electrons. The van der Waals surface area contributed by atoms with E-state index in [1.54, 1.807) is 0 Å². The van der Waals surface area contributed by atoms with E-state index >= 15 is 0 Å². The van der Waals surface area contributed by atoms with Gasteiger partial charge in [0.1, 0.15) is 6.23 Å². The summed E-state index contributed by atoms with van der Waals surface area (Å²) in [7, 11) is 0. The lowest BCUT2D eigenvalue weighted by molar-refractivity contribution is -0.0396. The van der Waals surface area contributed by atoms with Crippen molar-refractivity contribution >= 4 is 6.08 Å². The predicted octanol–water partition coefficient (Wildman–Crippen LogP) is 3.78. The molecule has 0 N–H and O–H groups in total. The molecule has 0 aromatic carbocycles. The second-order valence-electron chi connectivity index (χ2n) is 5.97. The summed E-state index contributed by atoms with van der Waals surface area (Å²) in [6.07, 6.45) is 13.8. The molecule has 2 aromatic heterocycles. The van der Waals surface area contributed by atoms with Gasteiger partial charge in [-0.1, -0.05) is 19.1 Å². The van der Waals surface area contributed by atoms with Gasteiger partial charge in [0, 0.05) is 36.5 Å². The van der Waals surface area contributed by atoms with Crippen LogP contribution < -0.4 is 0 Å². The maximum absolute atomic E-state index is 5.88. The summed E-state index contributed by atoms with van der Waals surface area (Å²) in [5, 5.41) is 4.80. The highest BCUT2D eigenvalue weighted by atomic mass is 16.5. The lowest BCUT2D eigenvalue weighted by atomic mass is 10.0. The molecular formula is C18H21N3O. The Morgan fingerprint density at radius 2 is 2.27 bits per heavy atom. The molecule has 2 aromatic rings. The summed E-state index contributed by atoms with van der Waals surface area (Å²) in [5.74, 6) is 0. The zero-order chi connectivity index (χ0) is 14.9. The first kappa shape index (κ1) is 13.7. The van der Waals surface area contributed by atoms with Crippen molar-refractivity contribution in [1.82, 2.24) is 14.8 Å². The van der Waals surface area contributed by atoms with Crippen LogP contribution in [0.2, 0.25) is 0 Å². The summed E-state index contributed by atoms with van der Waals surface area (Å²) >= 11 is 0. The lowest BCUT2D eigenvalue weighted by Crippen LogP contribution is -2.18. The molecule has 114 valence electrons. The zero-order valence-electron chi connectivity index (χ0n) is 13.0. The van der Waals surface area contributed by atoms with E-state index in [0.717, 1.165) is 38.0 Å². The molecule has 1 unspecified atom stereocenters. The van der Waals surface area contributed by atoms with Gasteiger partial charge in [0.2, 0.25) is 0 Å². The summed E-state index contributed by atoms with van der Waals surface area (Å²) in [4.78, 5) is 4.48. The number of nitrogens with zero attached hydrogens (tertiary/aromatic N) is 3. The smallest absolute Gasteiger partial charge is 0.150 e. The van der Waals surface area contributed by atoms with Crippen molar-refractivity contribution in [2.45, 2.75) is 45.3 Å². The number of hydrogen-bond donors (Lipinski definition) is 0. The Labute approximate surface area is 130 Å². The van der Waals surface area contributed by atoms with E-state index in [9.17, 15) is 0 Å². The van der Waals surface area contributed by atoms with Crippen LogP contribution in [0.4, 0.5) is 0 Å². The van der Waals surface area contributed by atoms with E-state index in [-0.39, 0.29) is 6.23 Å². The van der Waals surface area contributed by atoms with E-state index in [2.05, 4.69) is 36.3 Å². The van der Waals surface area contributed by atoms with Crippen molar-refractivity contribution in [1.29, 1.82) is 0 Å². The molecule has 0 spiro atoms. The van der Waals surface area contributed by atoms with E-state index in [4.69, 9.17) is 9.84 Å². The van der Waals surface area contributed by atoms with Crippen molar-refractivity contribution in [2.24, 2.45) is 0 Å².